The van der Waals surface area contributed by atoms with Gasteiger partial charge in [0, 0.05) is 0 Å². The van der Waals surface area contributed by atoms with Crippen molar-refractivity contribution in [2.75, 3.05) is 0 Å². The van der Waals surface area contributed by atoms with Gasteiger partial charge in [0.15, 0.2) is 0 Å². The van der Waals surface area contributed by atoms with Crippen molar-refractivity contribution in [3.63, 3.8) is 0 Å². The SMILES string of the molecule is Cc1cc2sc3nnc(C)n3c2cc1C. The van der Waals surface area contributed by atoms with E-state index in [0.717, 1.165) is 10.8 Å². The monoisotopic (exact) mass is 217 g/mol. The van der Waals surface area contributed by atoms with Crippen molar-refractivity contribution >= 4 is 26.5 Å². The van der Waals surface area contributed by atoms with E-state index in [1.54, 1.807) is 11.3 Å². The molecule has 76 valence electrons. The van der Waals surface area contributed by atoms with Crippen LogP contribution in [-0.4, -0.2) is 14.6 Å². The number of aromatic nitrogens is 3. The molecule has 0 aliphatic carbocycles. The van der Waals surface area contributed by atoms with E-state index in [1.807, 2.05) is 6.92 Å². The number of hydrogen-bond acceptors (Lipinski definition) is 3. The molecule has 0 saturated carbocycles. The van der Waals surface area contributed by atoms with E-state index in [1.165, 1.54) is 21.3 Å². The van der Waals surface area contributed by atoms with Crippen LogP contribution in [0.1, 0.15) is 17.0 Å². The van der Waals surface area contributed by atoms with Gasteiger partial charge in [-0.25, -0.2) is 0 Å². The molecule has 0 radical (unpaired) electrons. The maximum Gasteiger partial charge on any atom is 0.217 e. The van der Waals surface area contributed by atoms with Crippen molar-refractivity contribution in [3.05, 3.63) is 29.1 Å². The van der Waals surface area contributed by atoms with Gasteiger partial charge in [-0.3, -0.25) is 4.40 Å². The molecule has 4 heteroatoms. The predicted octanol–water partition coefficient (Wildman–Crippen LogP) is 2.87. The first kappa shape index (κ1) is 8.85. The van der Waals surface area contributed by atoms with Crippen LogP contribution in [0.5, 0.6) is 0 Å². The molecule has 0 spiro atoms. The Morgan fingerprint density at radius 3 is 2.60 bits per heavy atom. The van der Waals surface area contributed by atoms with Crippen LogP contribution >= 0.6 is 11.3 Å². The highest BCUT2D eigenvalue weighted by Gasteiger charge is 2.10. The fourth-order valence-corrected chi connectivity index (χ4v) is 2.91. The normalized spacial score (nSPS) is 11.7. The second-order valence-corrected chi connectivity index (χ2v) is 4.88. The zero-order valence-electron chi connectivity index (χ0n) is 8.90. The summed E-state index contributed by atoms with van der Waals surface area (Å²) in [5, 5.41) is 8.23. The molecule has 3 rings (SSSR count). The summed E-state index contributed by atoms with van der Waals surface area (Å²) < 4.78 is 3.40. The highest BCUT2D eigenvalue weighted by Crippen LogP contribution is 2.28. The Morgan fingerprint density at radius 1 is 1.07 bits per heavy atom. The molecule has 0 atom stereocenters. The van der Waals surface area contributed by atoms with Gasteiger partial charge in [0.25, 0.3) is 0 Å². The number of thiazole rings is 1. The molecule has 0 fully saturated rings. The topological polar surface area (TPSA) is 30.2 Å². The van der Waals surface area contributed by atoms with Crippen molar-refractivity contribution in [1.29, 1.82) is 0 Å². The molecule has 3 nitrogen and oxygen atoms in total. The quantitative estimate of drug-likeness (QED) is 0.579. The van der Waals surface area contributed by atoms with Crippen LogP contribution in [0.2, 0.25) is 0 Å². The summed E-state index contributed by atoms with van der Waals surface area (Å²) in [6.07, 6.45) is 0. The van der Waals surface area contributed by atoms with E-state index >= 15 is 0 Å². The first-order valence-corrected chi connectivity index (χ1v) is 5.70. The fraction of sp³-hybridized carbons (Fsp3) is 0.273. The largest absolute Gasteiger partial charge is 0.270 e. The van der Waals surface area contributed by atoms with Gasteiger partial charge in [0.2, 0.25) is 4.96 Å². The molecule has 1 aromatic carbocycles. The molecule has 0 saturated heterocycles. The third-order valence-corrected chi connectivity index (χ3v) is 3.81. The third-order valence-electron chi connectivity index (χ3n) is 2.81. The van der Waals surface area contributed by atoms with Gasteiger partial charge in [-0.1, -0.05) is 11.3 Å². The summed E-state index contributed by atoms with van der Waals surface area (Å²) in [7, 11) is 0. The summed E-state index contributed by atoms with van der Waals surface area (Å²) in [6.45, 7) is 6.27. The molecule has 2 aromatic heterocycles. The standard InChI is InChI=1S/C11H11N3S/c1-6-4-9-10(5-7(6)2)15-11-13-12-8(3)14(9)11/h4-5H,1-3H3. The Kier molecular flexibility index (Phi) is 1.65. The number of hydrogen-bond donors (Lipinski definition) is 0. The minimum Gasteiger partial charge on any atom is -0.270 e. The van der Waals surface area contributed by atoms with Gasteiger partial charge in [-0.05, 0) is 44.0 Å². The van der Waals surface area contributed by atoms with Crippen molar-refractivity contribution in [2.45, 2.75) is 20.8 Å². The number of aryl methyl sites for hydroxylation is 3. The Bertz CT molecular complexity index is 663. The lowest BCUT2D eigenvalue weighted by molar-refractivity contribution is 1.02. The summed E-state index contributed by atoms with van der Waals surface area (Å²) >= 11 is 1.69. The van der Waals surface area contributed by atoms with Crippen molar-refractivity contribution in [2.24, 2.45) is 0 Å². The van der Waals surface area contributed by atoms with Crippen LogP contribution in [0.25, 0.3) is 15.2 Å². The van der Waals surface area contributed by atoms with Crippen molar-refractivity contribution in [1.82, 2.24) is 14.6 Å². The highest BCUT2D eigenvalue weighted by atomic mass is 32.1. The van der Waals surface area contributed by atoms with E-state index < -0.39 is 0 Å². The van der Waals surface area contributed by atoms with Crippen LogP contribution in [0.4, 0.5) is 0 Å². The second kappa shape index (κ2) is 2.79. The van der Waals surface area contributed by atoms with Crippen molar-refractivity contribution < 1.29 is 0 Å². The first-order chi connectivity index (χ1) is 7.16. The maximum absolute atomic E-state index is 4.15. The Balaban J connectivity index is 2.57. The average molecular weight is 217 g/mol. The molecule has 0 amide bonds. The smallest absolute Gasteiger partial charge is 0.217 e. The van der Waals surface area contributed by atoms with Crippen LogP contribution < -0.4 is 0 Å². The Labute approximate surface area is 91.4 Å². The fourth-order valence-electron chi connectivity index (χ4n) is 1.82. The van der Waals surface area contributed by atoms with Crippen molar-refractivity contribution in [3.8, 4) is 0 Å². The maximum atomic E-state index is 4.15. The summed E-state index contributed by atoms with van der Waals surface area (Å²) in [5.41, 5.74) is 3.87. The summed E-state index contributed by atoms with van der Waals surface area (Å²) in [4.78, 5) is 0.979. The predicted molar refractivity (Wildman–Crippen MR) is 62.6 cm³/mol. The number of benzene rings is 1. The molecule has 0 N–H and O–H groups in total. The lowest BCUT2D eigenvalue weighted by Gasteiger charge is -1.99. The Hall–Kier alpha value is -1.42. The molecule has 2 heterocycles. The summed E-state index contributed by atoms with van der Waals surface area (Å²) in [6, 6.07) is 4.44. The van der Waals surface area contributed by atoms with E-state index in [9.17, 15) is 0 Å². The third kappa shape index (κ3) is 1.11. The molecule has 3 aromatic rings. The van der Waals surface area contributed by atoms with Gasteiger partial charge in [-0.2, -0.15) is 0 Å². The van der Waals surface area contributed by atoms with E-state index in [2.05, 4.69) is 40.6 Å². The van der Waals surface area contributed by atoms with Crippen LogP contribution in [0, 0.1) is 20.8 Å². The van der Waals surface area contributed by atoms with Crippen LogP contribution in [0.15, 0.2) is 12.1 Å². The van der Waals surface area contributed by atoms with Gasteiger partial charge in [-0.15, -0.1) is 10.2 Å². The second-order valence-electron chi connectivity index (χ2n) is 3.87. The molecule has 0 unspecified atom stereocenters. The average Bonchev–Trinajstić information content (AvgIpc) is 2.69. The van der Waals surface area contributed by atoms with E-state index in [-0.39, 0.29) is 0 Å². The van der Waals surface area contributed by atoms with Crippen LogP contribution in [0.3, 0.4) is 0 Å². The molecular formula is C11H11N3S. The molecular weight excluding hydrogens is 206 g/mol. The minimum atomic E-state index is 0.958. The molecule has 0 bridgehead atoms. The van der Waals surface area contributed by atoms with E-state index in [0.29, 0.717) is 0 Å². The molecule has 0 aliphatic heterocycles. The van der Waals surface area contributed by atoms with Crippen LogP contribution in [-0.2, 0) is 0 Å². The lowest BCUT2D eigenvalue weighted by atomic mass is 10.1. The van der Waals surface area contributed by atoms with Gasteiger partial charge in [0.1, 0.15) is 5.82 Å². The first-order valence-electron chi connectivity index (χ1n) is 4.88. The van der Waals surface area contributed by atoms with Gasteiger partial charge < -0.3 is 0 Å². The number of fused-ring (bicyclic) bond motifs is 3. The highest BCUT2D eigenvalue weighted by molar-refractivity contribution is 7.23. The van der Waals surface area contributed by atoms with Gasteiger partial charge >= 0.3 is 0 Å². The van der Waals surface area contributed by atoms with Gasteiger partial charge in [0.05, 0.1) is 10.2 Å². The zero-order valence-corrected chi connectivity index (χ0v) is 9.72. The Morgan fingerprint density at radius 2 is 1.80 bits per heavy atom. The van der Waals surface area contributed by atoms with E-state index in [4.69, 9.17) is 0 Å². The number of nitrogens with zero attached hydrogens (tertiary/aromatic N) is 3. The minimum absolute atomic E-state index is 0.958. The molecule has 0 aliphatic rings. The molecule has 15 heavy (non-hydrogen) atoms. The number of rotatable bonds is 0. The zero-order chi connectivity index (χ0) is 10.6. The lowest BCUT2D eigenvalue weighted by Crippen LogP contribution is -1.87. The summed E-state index contributed by atoms with van der Waals surface area (Å²) in [5.74, 6) is 0.958.